The average molecular weight is 376 g/mol. The molecule has 0 aliphatic rings. The molecule has 0 bridgehead atoms. The van der Waals surface area contributed by atoms with E-state index in [9.17, 15) is 0 Å². The zero-order chi connectivity index (χ0) is 19.1. The van der Waals surface area contributed by atoms with Crippen LogP contribution in [0.15, 0.2) is 28.6 Å². The lowest BCUT2D eigenvalue weighted by Crippen LogP contribution is -2.36. The number of rotatable bonds is 7. The number of aromatic nitrogens is 1. The number of benzene rings is 1. The Kier molecular flexibility index (Phi) is 7.26. The predicted octanol–water partition coefficient (Wildman–Crippen LogP) is 3.17. The molecule has 0 saturated heterocycles. The standard InChI is InChI=1S/C19H29N5OS/c1-13(2)25-17-9-14(3)7-8-15(17)10-21-18(20-4)22-11-16-12-26-19(23-16)24(5)6/h7-9,12-13H,10-11H2,1-6H3,(H2,20,21,22). The second kappa shape index (κ2) is 9.43. The number of nitrogens with one attached hydrogen (secondary N) is 2. The number of aliphatic imine (C=N–C) groups is 1. The van der Waals surface area contributed by atoms with E-state index in [1.54, 1.807) is 18.4 Å². The third-order valence-corrected chi connectivity index (χ3v) is 4.67. The Hall–Kier alpha value is -2.28. The zero-order valence-corrected chi connectivity index (χ0v) is 17.3. The summed E-state index contributed by atoms with van der Waals surface area (Å²) in [6, 6.07) is 6.26. The first kappa shape index (κ1) is 20.0. The van der Waals surface area contributed by atoms with Gasteiger partial charge in [-0.25, -0.2) is 4.98 Å². The minimum absolute atomic E-state index is 0.142. The van der Waals surface area contributed by atoms with Crippen LogP contribution in [0.5, 0.6) is 5.75 Å². The summed E-state index contributed by atoms with van der Waals surface area (Å²) in [5, 5.41) is 9.71. The van der Waals surface area contributed by atoms with Gasteiger partial charge in [0.15, 0.2) is 11.1 Å². The first-order valence-corrected chi connectivity index (χ1v) is 9.59. The van der Waals surface area contributed by atoms with Crippen LogP contribution in [0.3, 0.4) is 0 Å². The summed E-state index contributed by atoms with van der Waals surface area (Å²) in [5.74, 6) is 1.65. The topological polar surface area (TPSA) is 61.8 Å². The first-order valence-electron chi connectivity index (χ1n) is 8.71. The second-order valence-corrected chi connectivity index (χ2v) is 7.41. The van der Waals surface area contributed by atoms with Gasteiger partial charge >= 0.3 is 0 Å². The van der Waals surface area contributed by atoms with E-state index >= 15 is 0 Å². The van der Waals surface area contributed by atoms with Gasteiger partial charge in [-0.2, -0.15) is 0 Å². The van der Waals surface area contributed by atoms with Crippen molar-refractivity contribution in [2.45, 2.75) is 40.0 Å². The molecule has 0 aliphatic heterocycles. The van der Waals surface area contributed by atoms with Gasteiger partial charge in [0.25, 0.3) is 0 Å². The summed E-state index contributed by atoms with van der Waals surface area (Å²) in [6.07, 6.45) is 0.142. The van der Waals surface area contributed by atoms with Gasteiger partial charge in [0, 0.05) is 38.6 Å². The Balaban J connectivity index is 1.94. The van der Waals surface area contributed by atoms with Crippen LogP contribution in [0, 0.1) is 6.92 Å². The highest BCUT2D eigenvalue weighted by atomic mass is 32.1. The van der Waals surface area contributed by atoms with Crippen LogP contribution in [0.4, 0.5) is 5.13 Å². The van der Waals surface area contributed by atoms with Gasteiger partial charge in [-0.05, 0) is 32.4 Å². The van der Waals surface area contributed by atoms with Gasteiger partial charge in [-0.1, -0.05) is 12.1 Å². The van der Waals surface area contributed by atoms with Gasteiger partial charge in [0.05, 0.1) is 18.3 Å². The van der Waals surface area contributed by atoms with Crippen LogP contribution >= 0.6 is 11.3 Å². The number of ether oxygens (including phenoxy) is 1. The van der Waals surface area contributed by atoms with E-state index in [1.165, 1.54) is 5.56 Å². The summed E-state index contributed by atoms with van der Waals surface area (Å²) >= 11 is 1.63. The highest BCUT2D eigenvalue weighted by molar-refractivity contribution is 7.13. The van der Waals surface area contributed by atoms with Crippen LogP contribution < -0.4 is 20.3 Å². The van der Waals surface area contributed by atoms with E-state index < -0.39 is 0 Å². The summed E-state index contributed by atoms with van der Waals surface area (Å²) < 4.78 is 5.93. The van der Waals surface area contributed by atoms with Crippen LogP contribution in [0.1, 0.15) is 30.7 Å². The summed E-state index contributed by atoms with van der Waals surface area (Å²) in [7, 11) is 5.76. The third-order valence-electron chi connectivity index (χ3n) is 3.61. The Labute approximate surface area is 160 Å². The molecule has 0 amide bonds. The quantitative estimate of drug-likeness (QED) is 0.575. The average Bonchev–Trinajstić information content (AvgIpc) is 3.05. The van der Waals surface area contributed by atoms with E-state index in [2.05, 4.69) is 51.1 Å². The maximum absolute atomic E-state index is 5.93. The lowest BCUT2D eigenvalue weighted by molar-refractivity contribution is 0.239. The van der Waals surface area contributed by atoms with Crippen LogP contribution in [0.25, 0.3) is 0 Å². The molecule has 0 unspecified atom stereocenters. The molecule has 26 heavy (non-hydrogen) atoms. The fraction of sp³-hybridized carbons (Fsp3) is 0.474. The molecule has 1 aromatic heterocycles. The van der Waals surface area contributed by atoms with Crippen molar-refractivity contribution in [1.29, 1.82) is 0 Å². The van der Waals surface area contributed by atoms with Crippen molar-refractivity contribution in [3.63, 3.8) is 0 Å². The van der Waals surface area contributed by atoms with Gasteiger partial charge in [0.2, 0.25) is 0 Å². The Morgan fingerprint density at radius 1 is 1.27 bits per heavy atom. The molecule has 0 fully saturated rings. The molecular weight excluding hydrogens is 346 g/mol. The fourth-order valence-electron chi connectivity index (χ4n) is 2.33. The van der Waals surface area contributed by atoms with Gasteiger partial charge in [0.1, 0.15) is 5.75 Å². The predicted molar refractivity (Wildman–Crippen MR) is 110 cm³/mol. The molecule has 2 aromatic rings. The van der Waals surface area contributed by atoms with E-state index in [0.717, 1.165) is 28.1 Å². The Morgan fingerprint density at radius 3 is 2.62 bits per heavy atom. The first-order chi connectivity index (χ1) is 12.4. The maximum Gasteiger partial charge on any atom is 0.191 e. The molecule has 7 heteroatoms. The molecule has 0 aliphatic carbocycles. The number of anilines is 1. The van der Waals surface area contributed by atoms with E-state index in [4.69, 9.17) is 4.74 Å². The normalized spacial score (nSPS) is 11.6. The minimum Gasteiger partial charge on any atom is -0.491 e. The van der Waals surface area contributed by atoms with E-state index in [1.807, 2.05) is 32.8 Å². The lowest BCUT2D eigenvalue weighted by Gasteiger charge is -2.17. The molecule has 0 atom stereocenters. The van der Waals surface area contributed by atoms with Crippen molar-refractivity contribution < 1.29 is 4.74 Å². The lowest BCUT2D eigenvalue weighted by atomic mass is 10.1. The number of hydrogen-bond donors (Lipinski definition) is 2. The smallest absolute Gasteiger partial charge is 0.191 e. The van der Waals surface area contributed by atoms with Crippen molar-refractivity contribution >= 4 is 22.4 Å². The number of nitrogens with zero attached hydrogens (tertiary/aromatic N) is 3. The largest absolute Gasteiger partial charge is 0.491 e. The van der Waals surface area contributed by atoms with Crippen LogP contribution in [-0.4, -0.2) is 38.2 Å². The van der Waals surface area contributed by atoms with Crippen molar-refractivity contribution in [2.75, 3.05) is 26.0 Å². The van der Waals surface area contributed by atoms with E-state index in [-0.39, 0.29) is 6.10 Å². The zero-order valence-electron chi connectivity index (χ0n) is 16.5. The van der Waals surface area contributed by atoms with Crippen molar-refractivity contribution in [3.8, 4) is 5.75 Å². The maximum atomic E-state index is 5.93. The Bertz CT molecular complexity index is 739. The van der Waals surface area contributed by atoms with Gasteiger partial charge < -0.3 is 20.3 Å². The molecule has 0 radical (unpaired) electrons. The molecule has 2 N–H and O–H groups in total. The molecule has 142 valence electrons. The summed E-state index contributed by atoms with van der Waals surface area (Å²) in [6.45, 7) is 7.42. The Morgan fingerprint density at radius 2 is 2.00 bits per heavy atom. The molecule has 1 aromatic carbocycles. The SMILES string of the molecule is CN=C(NCc1csc(N(C)C)n1)NCc1ccc(C)cc1OC(C)C. The van der Waals surface area contributed by atoms with Crippen molar-refractivity contribution in [3.05, 3.63) is 40.4 Å². The van der Waals surface area contributed by atoms with Crippen molar-refractivity contribution in [1.82, 2.24) is 15.6 Å². The highest BCUT2D eigenvalue weighted by Gasteiger charge is 2.08. The molecule has 0 spiro atoms. The fourth-order valence-corrected chi connectivity index (χ4v) is 3.09. The summed E-state index contributed by atoms with van der Waals surface area (Å²) in [4.78, 5) is 10.9. The monoisotopic (exact) mass is 375 g/mol. The molecular formula is C19H29N5OS. The summed E-state index contributed by atoms with van der Waals surface area (Å²) in [5.41, 5.74) is 3.30. The van der Waals surface area contributed by atoms with Crippen LogP contribution in [-0.2, 0) is 13.1 Å². The number of guanidine groups is 1. The second-order valence-electron chi connectivity index (χ2n) is 6.57. The van der Waals surface area contributed by atoms with Crippen molar-refractivity contribution in [2.24, 2.45) is 4.99 Å². The molecule has 1 heterocycles. The number of thiazole rings is 1. The molecule has 0 saturated carbocycles. The highest BCUT2D eigenvalue weighted by Crippen LogP contribution is 2.21. The molecule has 2 rings (SSSR count). The van der Waals surface area contributed by atoms with Gasteiger partial charge in [-0.3, -0.25) is 4.99 Å². The minimum atomic E-state index is 0.142. The van der Waals surface area contributed by atoms with Crippen LogP contribution in [0.2, 0.25) is 0 Å². The van der Waals surface area contributed by atoms with E-state index in [0.29, 0.717) is 13.1 Å². The van der Waals surface area contributed by atoms with Gasteiger partial charge in [-0.15, -0.1) is 11.3 Å². The number of hydrogen-bond acceptors (Lipinski definition) is 5. The molecule has 6 nitrogen and oxygen atoms in total. The number of aryl methyl sites for hydroxylation is 1. The third kappa shape index (κ3) is 5.91.